The Balaban J connectivity index is 2.20. The molecule has 0 aliphatic rings. The maximum absolute atomic E-state index is 11.8. The van der Waals surface area contributed by atoms with Crippen LogP contribution in [0.1, 0.15) is 26.5 Å². The molecule has 2 aromatic heterocycles. The molecule has 2 heterocycles. The normalized spacial score (nSPS) is 10.1. The van der Waals surface area contributed by atoms with E-state index in [9.17, 15) is 9.59 Å². The Bertz CT molecular complexity index is 604. The number of aromatic carboxylic acids is 1. The van der Waals surface area contributed by atoms with E-state index in [0.29, 0.717) is 11.3 Å². The molecule has 0 saturated heterocycles. The van der Waals surface area contributed by atoms with Gasteiger partial charge in [0.2, 0.25) is 0 Å². The maximum atomic E-state index is 11.8. The molecule has 0 bridgehead atoms. The van der Waals surface area contributed by atoms with Crippen LogP contribution in [0.15, 0.2) is 35.2 Å². The van der Waals surface area contributed by atoms with Gasteiger partial charge in [0, 0.05) is 11.8 Å². The van der Waals surface area contributed by atoms with Gasteiger partial charge in [0.1, 0.15) is 0 Å². The molecule has 0 aliphatic heterocycles. The van der Waals surface area contributed by atoms with Crippen LogP contribution in [-0.2, 0) is 0 Å². The van der Waals surface area contributed by atoms with Crippen LogP contribution in [-0.4, -0.2) is 22.0 Å². The quantitative estimate of drug-likeness (QED) is 0.863. The minimum Gasteiger partial charge on any atom is -0.478 e. The largest absolute Gasteiger partial charge is 0.478 e. The topological polar surface area (TPSA) is 92.4 Å². The number of carboxylic acid groups (broad SMARTS) is 1. The number of carbonyl (C=O) groups is 2. The zero-order chi connectivity index (χ0) is 13.1. The summed E-state index contributed by atoms with van der Waals surface area (Å²) in [4.78, 5) is 26.3. The van der Waals surface area contributed by atoms with Crippen molar-refractivity contribution in [1.82, 2.24) is 4.98 Å². The molecule has 0 spiro atoms. The van der Waals surface area contributed by atoms with E-state index in [1.165, 1.54) is 24.7 Å². The molecular formula is C12H10N2O4. The van der Waals surface area contributed by atoms with Crippen LogP contribution in [0.2, 0.25) is 0 Å². The molecular weight excluding hydrogens is 236 g/mol. The number of rotatable bonds is 3. The summed E-state index contributed by atoms with van der Waals surface area (Å²) in [6, 6.07) is 2.99. The first kappa shape index (κ1) is 11.8. The van der Waals surface area contributed by atoms with E-state index >= 15 is 0 Å². The Kier molecular flexibility index (Phi) is 3.09. The van der Waals surface area contributed by atoms with Gasteiger partial charge in [0.05, 0.1) is 23.7 Å². The number of pyridine rings is 1. The zero-order valence-electron chi connectivity index (χ0n) is 9.51. The lowest BCUT2D eigenvalue weighted by atomic mass is 10.2. The summed E-state index contributed by atoms with van der Waals surface area (Å²) in [5.74, 6) is -1.36. The molecule has 0 fully saturated rings. The van der Waals surface area contributed by atoms with Crippen LogP contribution in [0.5, 0.6) is 0 Å². The van der Waals surface area contributed by atoms with Gasteiger partial charge in [-0.1, -0.05) is 0 Å². The fourth-order valence-corrected chi connectivity index (χ4v) is 1.42. The van der Waals surface area contributed by atoms with E-state index in [2.05, 4.69) is 10.3 Å². The van der Waals surface area contributed by atoms with E-state index < -0.39 is 11.9 Å². The van der Waals surface area contributed by atoms with Crippen molar-refractivity contribution in [2.24, 2.45) is 0 Å². The maximum Gasteiger partial charge on any atom is 0.337 e. The average Bonchev–Trinajstić information content (AvgIpc) is 2.76. The number of hydrogen-bond acceptors (Lipinski definition) is 4. The van der Waals surface area contributed by atoms with E-state index in [1.807, 2.05) is 0 Å². The molecule has 2 aromatic rings. The fourth-order valence-electron chi connectivity index (χ4n) is 1.42. The number of carboxylic acids is 1. The van der Waals surface area contributed by atoms with Crippen LogP contribution in [0.4, 0.5) is 5.69 Å². The second kappa shape index (κ2) is 4.70. The summed E-state index contributed by atoms with van der Waals surface area (Å²) in [6.07, 6.45) is 3.98. The Morgan fingerprint density at radius 1 is 1.39 bits per heavy atom. The van der Waals surface area contributed by atoms with Crippen LogP contribution in [0, 0.1) is 6.92 Å². The number of nitrogens with one attached hydrogen (secondary N) is 1. The second-order valence-corrected chi connectivity index (χ2v) is 3.65. The van der Waals surface area contributed by atoms with Crippen molar-refractivity contribution >= 4 is 17.6 Å². The SMILES string of the molecule is Cc1ccoc1C(=O)Nc1cncc(C(=O)O)c1. The van der Waals surface area contributed by atoms with E-state index in [0.717, 1.165) is 0 Å². The lowest BCUT2D eigenvalue weighted by Crippen LogP contribution is -2.13. The summed E-state index contributed by atoms with van der Waals surface area (Å²) >= 11 is 0. The van der Waals surface area contributed by atoms with Gasteiger partial charge < -0.3 is 14.8 Å². The molecule has 1 amide bonds. The number of amides is 1. The minimum absolute atomic E-state index is 0.00367. The summed E-state index contributed by atoms with van der Waals surface area (Å²) < 4.78 is 5.03. The van der Waals surface area contributed by atoms with Gasteiger partial charge in [-0.05, 0) is 19.1 Å². The summed E-state index contributed by atoms with van der Waals surface area (Å²) in [5, 5.41) is 11.3. The van der Waals surface area contributed by atoms with Crippen molar-refractivity contribution in [2.75, 3.05) is 5.32 Å². The number of nitrogens with zero attached hydrogens (tertiary/aromatic N) is 1. The molecule has 0 unspecified atom stereocenters. The number of carbonyl (C=O) groups excluding carboxylic acids is 1. The van der Waals surface area contributed by atoms with Gasteiger partial charge in [-0.15, -0.1) is 0 Å². The summed E-state index contributed by atoms with van der Waals surface area (Å²) in [5.41, 5.74) is 1.01. The first-order chi connectivity index (χ1) is 8.58. The predicted molar refractivity (Wildman–Crippen MR) is 62.6 cm³/mol. The fraction of sp³-hybridized carbons (Fsp3) is 0.0833. The van der Waals surface area contributed by atoms with Gasteiger partial charge >= 0.3 is 5.97 Å². The third kappa shape index (κ3) is 2.37. The van der Waals surface area contributed by atoms with Gasteiger partial charge in [-0.25, -0.2) is 4.79 Å². The molecule has 6 heteroatoms. The predicted octanol–water partition coefficient (Wildman–Crippen LogP) is 1.93. The number of hydrogen-bond donors (Lipinski definition) is 2. The highest BCUT2D eigenvalue weighted by atomic mass is 16.4. The minimum atomic E-state index is -1.10. The summed E-state index contributed by atoms with van der Waals surface area (Å²) in [6.45, 7) is 1.74. The van der Waals surface area contributed by atoms with Crippen LogP contribution in [0.3, 0.4) is 0 Å². The van der Waals surface area contributed by atoms with Crippen molar-refractivity contribution in [2.45, 2.75) is 6.92 Å². The van der Waals surface area contributed by atoms with Gasteiger partial charge in [0.25, 0.3) is 5.91 Å². The second-order valence-electron chi connectivity index (χ2n) is 3.65. The third-order valence-corrected chi connectivity index (χ3v) is 2.31. The smallest absolute Gasteiger partial charge is 0.337 e. The Labute approximate surface area is 102 Å². The highest BCUT2D eigenvalue weighted by Gasteiger charge is 2.13. The lowest BCUT2D eigenvalue weighted by Gasteiger charge is -2.04. The lowest BCUT2D eigenvalue weighted by molar-refractivity contribution is 0.0696. The number of aromatic nitrogens is 1. The van der Waals surface area contributed by atoms with E-state index in [-0.39, 0.29) is 11.3 Å². The highest BCUT2D eigenvalue weighted by molar-refractivity contribution is 6.03. The first-order valence-electron chi connectivity index (χ1n) is 5.11. The highest BCUT2D eigenvalue weighted by Crippen LogP contribution is 2.13. The zero-order valence-corrected chi connectivity index (χ0v) is 9.51. The molecule has 6 nitrogen and oxygen atoms in total. The Morgan fingerprint density at radius 2 is 2.17 bits per heavy atom. The Morgan fingerprint density at radius 3 is 2.78 bits per heavy atom. The van der Waals surface area contributed by atoms with Crippen molar-refractivity contribution in [3.63, 3.8) is 0 Å². The standard InChI is InChI=1S/C12H10N2O4/c1-7-2-3-18-10(7)11(15)14-9-4-8(12(16)17)5-13-6-9/h2-6H,1H3,(H,14,15)(H,16,17). The molecule has 0 aliphatic carbocycles. The monoisotopic (exact) mass is 246 g/mol. The van der Waals surface area contributed by atoms with Gasteiger partial charge in [0.15, 0.2) is 5.76 Å². The van der Waals surface area contributed by atoms with Crippen LogP contribution in [0.25, 0.3) is 0 Å². The molecule has 0 radical (unpaired) electrons. The number of anilines is 1. The number of aryl methyl sites for hydroxylation is 1. The molecule has 18 heavy (non-hydrogen) atoms. The van der Waals surface area contributed by atoms with Crippen LogP contribution < -0.4 is 5.32 Å². The third-order valence-electron chi connectivity index (χ3n) is 2.31. The van der Waals surface area contributed by atoms with E-state index in [1.54, 1.807) is 13.0 Å². The van der Waals surface area contributed by atoms with E-state index in [4.69, 9.17) is 9.52 Å². The molecule has 2 N–H and O–H groups in total. The van der Waals surface area contributed by atoms with Crippen molar-refractivity contribution in [3.05, 3.63) is 47.7 Å². The number of furan rings is 1. The molecule has 92 valence electrons. The molecule has 0 aromatic carbocycles. The first-order valence-corrected chi connectivity index (χ1v) is 5.11. The average molecular weight is 246 g/mol. The summed E-state index contributed by atoms with van der Waals surface area (Å²) in [7, 11) is 0. The molecule has 0 atom stereocenters. The van der Waals surface area contributed by atoms with Crippen molar-refractivity contribution in [3.8, 4) is 0 Å². The van der Waals surface area contributed by atoms with Crippen LogP contribution >= 0.6 is 0 Å². The van der Waals surface area contributed by atoms with Crippen molar-refractivity contribution in [1.29, 1.82) is 0 Å². The van der Waals surface area contributed by atoms with Gasteiger partial charge in [-0.2, -0.15) is 0 Å². The molecule has 0 saturated carbocycles. The molecule has 2 rings (SSSR count). The van der Waals surface area contributed by atoms with Gasteiger partial charge in [-0.3, -0.25) is 9.78 Å². The van der Waals surface area contributed by atoms with Crippen molar-refractivity contribution < 1.29 is 19.1 Å². The Hall–Kier alpha value is -2.63.